The molecule has 0 amide bonds. The first-order valence-corrected chi connectivity index (χ1v) is 14.2. The highest BCUT2D eigenvalue weighted by Crippen LogP contribution is 2.68. The van der Waals surface area contributed by atoms with Gasteiger partial charge in [-0.25, -0.2) is 0 Å². The van der Waals surface area contributed by atoms with E-state index < -0.39 is 0 Å². The van der Waals surface area contributed by atoms with E-state index >= 15 is 0 Å². The average molecular weight is 454 g/mol. The zero-order valence-corrected chi connectivity index (χ0v) is 20.9. The van der Waals surface area contributed by atoms with Crippen molar-refractivity contribution in [3.8, 4) is 6.07 Å². The number of carbonyl (C=O) groups is 1. The maximum atomic E-state index is 13.4. The number of Topliss-reactive ketones (excluding diaryl/α,β-unsaturated/α-hetero) is 1. The van der Waals surface area contributed by atoms with Crippen LogP contribution in [0.15, 0.2) is 12.4 Å². The highest BCUT2D eigenvalue weighted by atomic mass is 32.2. The van der Waals surface area contributed by atoms with Gasteiger partial charge in [-0.1, -0.05) is 20.3 Å². The summed E-state index contributed by atoms with van der Waals surface area (Å²) in [4.78, 5) is 13.4. The van der Waals surface area contributed by atoms with Crippen LogP contribution in [0.5, 0.6) is 0 Å². The summed E-state index contributed by atoms with van der Waals surface area (Å²) < 4.78 is 1.67. The Labute approximate surface area is 197 Å². The predicted molar refractivity (Wildman–Crippen MR) is 129 cm³/mol. The predicted octanol–water partition coefficient (Wildman–Crippen LogP) is 5.96. The second kappa shape index (κ2) is 8.49. The van der Waals surface area contributed by atoms with Crippen molar-refractivity contribution in [2.45, 2.75) is 78.2 Å². The molecule has 1 heterocycles. The number of nitrogens with zero attached hydrogens (tertiary/aromatic N) is 3. The summed E-state index contributed by atoms with van der Waals surface area (Å²) >= 11 is 2.09. The largest absolute Gasteiger partial charge is 0.297 e. The monoisotopic (exact) mass is 453 g/mol. The molecule has 174 valence electrons. The molecule has 4 saturated carbocycles. The number of fused-ring (bicyclic) bond motifs is 5. The third-order valence-corrected chi connectivity index (χ3v) is 11.3. The Balaban J connectivity index is 1.36. The van der Waals surface area contributed by atoms with E-state index in [0.29, 0.717) is 29.2 Å². The molecule has 0 N–H and O–H groups in total. The highest BCUT2D eigenvalue weighted by Gasteiger charge is 2.61. The van der Waals surface area contributed by atoms with Crippen LogP contribution in [0.25, 0.3) is 0 Å². The fourth-order valence-electron chi connectivity index (χ4n) is 9.12. The van der Waals surface area contributed by atoms with E-state index in [0.717, 1.165) is 30.1 Å². The molecule has 0 radical (unpaired) electrons. The number of ketones is 1. The van der Waals surface area contributed by atoms with Crippen LogP contribution in [-0.2, 0) is 11.3 Å². The molecule has 32 heavy (non-hydrogen) atoms. The molecule has 5 rings (SSSR count). The Bertz CT molecular complexity index is 905. The molecule has 8 atom stereocenters. The van der Waals surface area contributed by atoms with E-state index in [1.54, 1.807) is 17.1 Å². The van der Waals surface area contributed by atoms with Crippen molar-refractivity contribution in [3.63, 3.8) is 0 Å². The smallest absolute Gasteiger partial charge is 0.157 e. The van der Waals surface area contributed by atoms with Crippen LogP contribution < -0.4 is 0 Å². The molecule has 0 aliphatic heterocycles. The Morgan fingerprint density at radius 3 is 2.81 bits per heavy atom. The molecule has 4 fully saturated rings. The van der Waals surface area contributed by atoms with Crippen molar-refractivity contribution in [1.82, 2.24) is 9.78 Å². The molecule has 5 heteroatoms. The summed E-state index contributed by atoms with van der Waals surface area (Å²) in [5.41, 5.74) is 1.24. The molecule has 8 unspecified atom stereocenters. The molecule has 4 aliphatic carbocycles. The SMILES string of the molecule is CSCC12CCC(C)CC1CCC1C3CCC(C(=O)Cn4cc(C#N)cn4)C3(C)CCC12. The van der Waals surface area contributed by atoms with Gasteiger partial charge < -0.3 is 0 Å². The van der Waals surface area contributed by atoms with Gasteiger partial charge in [-0.2, -0.15) is 22.1 Å². The molecular formula is C27H39N3OS. The highest BCUT2D eigenvalue weighted by molar-refractivity contribution is 7.98. The number of hydrogen-bond acceptors (Lipinski definition) is 4. The van der Waals surface area contributed by atoms with Crippen molar-refractivity contribution in [2.24, 2.45) is 46.3 Å². The number of carbonyl (C=O) groups excluding carboxylic acids is 1. The number of aromatic nitrogens is 2. The summed E-state index contributed by atoms with van der Waals surface area (Å²) in [5.74, 6) is 6.06. The fourth-order valence-corrected chi connectivity index (χ4v) is 10.3. The van der Waals surface area contributed by atoms with Crippen LogP contribution in [0.1, 0.15) is 77.2 Å². The van der Waals surface area contributed by atoms with Gasteiger partial charge in [-0.3, -0.25) is 9.48 Å². The normalized spacial score (nSPS) is 43.1. The minimum atomic E-state index is 0.152. The lowest BCUT2D eigenvalue weighted by molar-refractivity contribution is -0.136. The molecule has 4 aliphatic rings. The summed E-state index contributed by atoms with van der Waals surface area (Å²) in [7, 11) is 0. The second-order valence-corrected chi connectivity index (χ2v) is 12.7. The molecule has 0 spiro atoms. The minimum absolute atomic E-state index is 0.152. The second-order valence-electron chi connectivity index (χ2n) is 11.9. The standard InChI is InChI=1S/C27H39N3OS/c1-18-8-11-27(17-32-3)20(12-18)4-5-21-22-6-7-24(26(22,2)10-9-23(21)27)25(31)16-30-15-19(13-28)14-29-30/h14-15,18,20-24H,4-12,16-17H2,1-3H3. The van der Waals surface area contributed by atoms with Gasteiger partial charge in [0.25, 0.3) is 0 Å². The third-order valence-electron chi connectivity index (χ3n) is 10.5. The summed E-state index contributed by atoms with van der Waals surface area (Å²) in [5, 5.41) is 13.3. The van der Waals surface area contributed by atoms with Gasteiger partial charge in [0, 0.05) is 12.1 Å². The first kappa shape index (κ1) is 22.5. The van der Waals surface area contributed by atoms with Crippen molar-refractivity contribution >= 4 is 17.5 Å². The molecule has 1 aromatic heterocycles. The van der Waals surface area contributed by atoms with E-state index in [4.69, 9.17) is 5.26 Å². The summed E-state index contributed by atoms with van der Waals surface area (Å²) in [6.07, 6.45) is 17.5. The lowest BCUT2D eigenvalue weighted by Crippen LogP contribution is -2.56. The van der Waals surface area contributed by atoms with Gasteiger partial charge in [0.2, 0.25) is 0 Å². The number of rotatable bonds is 5. The average Bonchev–Trinajstić information content (AvgIpc) is 3.37. The number of hydrogen-bond donors (Lipinski definition) is 0. The van der Waals surface area contributed by atoms with Gasteiger partial charge in [0.15, 0.2) is 5.78 Å². The molecule has 0 aromatic carbocycles. The third kappa shape index (κ3) is 3.47. The van der Waals surface area contributed by atoms with E-state index in [1.165, 1.54) is 57.1 Å². The van der Waals surface area contributed by atoms with Crippen molar-refractivity contribution in [1.29, 1.82) is 5.26 Å². The Morgan fingerprint density at radius 2 is 2.06 bits per heavy atom. The molecule has 4 nitrogen and oxygen atoms in total. The van der Waals surface area contributed by atoms with Gasteiger partial charge in [-0.15, -0.1) is 0 Å². The molecule has 1 aromatic rings. The van der Waals surface area contributed by atoms with Crippen LogP contribution in [0.4, 0.5) is 0 Å². The number of thioether (sulfide) groups is 1. The van der Waals surface area contributed by atoms with E-state index in [-0.39, 0.29) is 11.3 Å². The zero-order valence-electron chi connectivity index (χ0n) is 20.1. The van der Waals surface area contributed by atoms with Crippen molar-refractivity contribution in [2.75, 3.05) is 12.0 Å². The molecule has 0 bridgehead atoms. The van der Waals surface area contributed by atoms with Crippen molar-refractivity contribution < 1.29 is 4.79 Å². The van der Waals surface area contributed by atoms with Gasteiger partial charge >= 0.3 is 0 Å². The Morgan fingerprint density at radius 1 is 1.22 bits per heavy atom. The minimum Gasteiger partial charge on any atom is -0.297 e. The Kier molecular flexibility index (Phi) is 5.98. The summed E-state index contributed by atoms with van der Waals surface area (Å²) in [6.45, 7) is 5.24. The fraction of sp³-hybridized carbons (Fsp3) is 0.815. The van der Waals surface area contributed by atoms with Crippen LogP contribution in [0.2, 0.25) is 0 Å². The molecule has 0 saturated heterocycles. The Hall–Kier alpha value is -1.28. The molecular weight excluding hydrogens is 414 g/mol. The van der Waals surface area contributed by atoms with Crippen LogP contribution in [-0.4, -0.2) is 27.6 Å². The van der Waals surface area contributed by atoms with E-state index in [2.05, 4.69) is 43.0 Å². The van der Waals surface area contributed by atoms with Crippen LogP contribution in [0.3, 0.4) is 0 Å². The lowest BCUT2D eigenvalue weighted by Gasteiger charge is -2.62. The van der Waals surface area contributed by atoms with E-state index in [9.17, 15) is 4.79 Å². The lowest BCUT2D eigenvalue weighted by atomic mass is 9.44. The first-order chi connectivity index (χ1) is 15.4. The topological polar surface area (TPSA) is 58.7 Å². The van der Waals surface area contributed by atoms with Gasteiger partial charge in [0.05, 0.1) is 18.3 Å². The van der Waals surface area contributed by atoms with Crippen LogP contribution in [0, 0.1) is 57.7 Å². The first-order valence-electron chi connectivity index (χ1n) is 12.9. The zero-order chi connectivity index (χ0) is 22.5. The van der Waals surface area contributed by atoms with Crippen molar-refractivity contribution in [3.05, 3.63) is 18.0 Å². The van der Waals surface area contributed by atoms with Crippen LogP contribution >= 0.6 is 11.8 Å². The summed E-state index contributed by atoms with van der Waals surface area (Å²) in [6, 6.07) is 2.12. The quantitative estimate of drug-likeness (QED) is 0.552. The van der Waals surface area contributed by atoms with Gasteiger partial charge in [0.1, 0.15) is 6.07 Å². The maximum Gasteiger partial charge on any atom is 0.157 e. The maximum absolute atomic E-state index is 13.4. The number of nitriles is 1. The van der Waals surface area contributed by atoms with E-state index in [1.807, 2.05) is 0 Å². The van der Waals surface area contributed by atoms with Gasteiger partial charge in [-0.05, 0) is 104 Å².